The highest BCUT2D eigenvalue weighted by Gasteiger charge is 2.33. The summed E-state index contributed by atoms with van der Waals surface area (Å²) in [7, 11) is 0. The van der Waals surface area contributed by atoms with Crippen molar-refractivity contribution >= 4 is 29.0 Å². The molecule has 1 saturated heterocycles. The van der Waals surface area contributed by atoms with Crippen LogP contribution in [0.1, 0.15) is 92.6 Å². The lowest BCUT2D eigenvalue weighted by Gasteiger charge is -2.23. The number of nitrogens with zero attached hydrogens (tertiary/aromatic N) is 3. The van der Waals surface area contributed by atoms with Crippen molar-refractivity contribution in [3.05, 3.63) is 28.5 Å². The molecule has 0 bridgehead atoms. The van der Waals surface area contributed by atoms with Gasteiger partial charge in [-0.25, -0.2) is 23.5 Å². The number of carbonyl (C=O) groups is 2. The first-order valence-corrected chi connectivity index (χ1v) is 12.4. The molecule has 34 heavy (non-hydrogen) atoms. The highest BCUT2D eigenvalue weighted by molar-refractivity contribution is 7.17. The molecule has 186 valence electrons. The second-order valence-corrected chi connectivity index (χ2v) is 10.5. The van der Waals surface area contributed by atoms with Crippen molar-refractivity contribution in [2.45, 2.75) is 78.3 Å². The standard InChI is InChI=1S/C24H32F2N4O3S/c1-6-7-11-33-23(32)21-28-18(22(31)30-10-8-9-14(30)2)19(34-21)16-13-27-17(29-24(3,4)5)12-15(16)20(25)26/h12-14,20H,6-11H2,1-5H3,(H,27,29)/t14-/m0/s1. The van der Waals surface area contributed by atoms with Gasteiger partial charge in [-0.3, -0.25) is 4.79 Å². The van der Waals surface area contributed by atoms with E-state index in [2.05, 4.69) is 15.3 Å². The molecule has 0 unspecified atom stereocenters. The second-order valence-electron chi connectivity index (χ2n) is 9.51. The number of anilines is 1. The van der Waals surface area contributed by atoms with E-state index in [0.29, 0.717) is 18.8 Å². The Bertz CT molecular complexity index is 1040. The van der Waals surface area contributed by atoms with E-state index in [4.69, 9.17) is 4.74 Å². The Morgan fingerprint density at radius 1 is 1.35 bits per heavy atom. The number of unbranched alkanes of at least 4 members (excludes halogenated alkanes) is 1. The molecule has 0 radical (unpaired) electrons. The molecule has 1 N–H and O–H groups in total. The zero-order valence-electron chi connectivity index (χ0n) is 20.3. The first-order chi connectivity index (χ1) is 16.0. The van der Waals surface area contributed by atoms with Crippen molar-refractivity contribution in [3.63, 3.8) is 0 Å². The fourth-order valence-electron chi connectivity index (χ4n) is 3.77. The van der Waals surface area contributed by atoms with Crippen molar-refractivity contribution in [3.8, 4) is 10.4 Å². The van der Waals surface area contributed by atoms with Gasteiger partial charge in [0.25, 0.3) is 12.3 Å². The number of alkyl halides is 2. The molecule has 2 aromatic heterocycles. The van der Waals surface area contributed by atoms with Crippen LogP contribution in [0, 0.1) is 0 Å². The second kappa shape index (κ2) is 10.8. The molecule has 2 aromatic rings. The van der Waals surface area contributed by atoms with E-state index in [0.717, 1.165) is 30.6 Å². The minimum Gasteiger partial charge on any atom is -0.460 e. The Kier molecular flexibility index (Phi) is 8.22. The highest BCUT2D eigenvalue weighted by Crippen LogP contribution is 2.39. The molecule has 0 spiro atoms. The van der Waals surface area contributed by atoms with Crippen molar-refractivity contribution < 1.29 is 23.1 Å². The van der Waals surface area contributed by atoms with Crippen LogP contribution >= 0.6 is 11.3 Å². The van der Waals surface area contributed by atoms with E-state index in [1.165, 1.54) is 12.3 Å². The summed E-state index contributed by atoms with van der Waals surface area (Å²) in [6, 6.07) is 1.30. The predicted octanol–water partition coefficient (Wildman–Crippen LogP) is 5.93. The molecule has 1 amide bonds. The number of nitrogens with one attached hydrogen (secondary N) is 1. The van der Waals surface area contributed by atoms with Crippen LogP contribution < -0.4 is 5.32 Å². The molecular weight excluding hydrogens is 462 g/mol. The number of hydrogen-bond acceptors (Lipinski definition) is 7. The van der Waals surface area contributed by atoms with E-state index < -0.39 is 12.4 Å². The molecule has 10 heteroatoms. The van der Waals surface area contributed by atoms with E-state index >= 15 is 0 Å². The molecule has 0 aliphatic carbocycles. The number of likely N-dealkylation sites (tertiary alicyclic amines) is 1. The van der Waals surface area contributed by atoms with Gasteiger partial charge in [-0.1, -0.05) is 13.3 Å². The minimum absolute atomic E-state index is 0.00746. The molecule has 1 atom stereocenters. The molecular formula is C24H32F2N4O3S. The maximum absolute atomic E-state index is 14.1. The van der Waals surface area contributed by atoms with Gasteiger partial charge in [-0.2, -0.15) is 0 Å². The normalized spacial score (nSPS) is 16.2. The van der Waals surface area contributed by atoms with Gasteiger partial charge in [0.2, 0.25) is 5.01 Å². The number of hydrogen-bond donors (Lipinski definition) is 1. The van der Waals surface area contributed by atoms with Crippen molar-refractivity contribution in [2.75, 3.05) is 18.5 Å². The van der Waals surface area contributed by atoms with Gasteiger partial charge in [-0.15, -0.1) is 11.3 Å². The maximum Gasteiger partial charge on any atom is 0.367 e. The lowest BCUT2D eigenvalue weighted by Crippen LogP contribution is -2.34. The number of ether oxygens (including phenoxy) is 1. The zero-order chi connectivity index (χ0) is 25.0. The number of esters is 1. The SMILES string of the molecule is CCCCOC(=O)c1nc(C(=O)N2CCC[C@@H]2C)c(-c2cnc(NC(C)(C)C)cc2C(F)F)s1. The first-order valence-electron chi connectivity index (χ1n) is 11.6. The lowest BCUT2D eigenvalue weighted by atomic mass is 10.1. The smallest absolute Gasteiger partial charge is 0.367 e. The average Bonchev–Trinajstić information content (AvgIpc) is 3.39. The lowest BCUT2D eigenvalue weighted by molar-refractivity contribution is 0.0499. The van der Waals surface area contributed by atoms with Crippen LogP contribution in [0.4, 0.5) is 14.6 Å². The summed E-state index contributed by atoms with van der Waals surface area (Å²) in [4.78, 5) is 36.4. The fraction of sp³-hybridized carbons (Fsp3) is 0.583. The Morgan fingerprint density at radius 2 is 2.09 bits per heavy atom. The Balaban J connectivity index is 2.08. The van der Waals surface area contributed by atoms with Gasteiger partial charge in [0.05, 0.1) is 11.5 Å². The van der Waals surface area contributed by atoms with E-state index in [1.807, 2.05) is 34.6 Å². The highest BCUT2D eigenvalue weighted by atomic mass is 32.1. The third-order valence-electron chi connectivity index (χ3n) is 5.47. The third kappa shape index (κ3) is 6.08. The molecule has 1 aliphatic heterocycles. The number of halogens is 2. The van der Waals surface area contributed by atoms with Crippen LogP contribution in [0.3, 0.4) is 0 Å². The summed E-state index contributed by atoms with van der Waals surface area (Å²) < 4.78 is 33.5. The van der Waals surface area contributed by atoms with E-state index in [1.54, 1.807) is 4.90 Å². The molecule has 3 rings (SSSR count). The van der Waals surface area contributed by atoms with Crippen molar-refractivity contribution in [1.82, 2.24) is 14.9 Å². The van der Waals surface area contributed by atoms with Crippen LogP contribution in [0.25, 0.3) is 10.4 Å². The topological polar surface area (TPSA) is 84.4 Å². The Hall–Kier alpha value is -2.62. The number of pyridine rings is 1. The summed E-state index contributed by atoms with van der Waals surface area (Å²) in [5.74, 6) is -0.733. The summed E-state index contributed by atoms with van der Waals surface area (Å²) in [5, 5.41) is 3.06. The number of thiazole rings is 1. The summed E-state index contributed by atoms with van der Waals surface area (Å²) in [5.41, 5.74) is -0.572. The Morgan fingerprint density at radius 3 is 2.68 bits per heavy atom. The van der Waals surface area contributed by atoms with Gasteiger partial charge >= 0.3 is 5.97 Å². The van der Waals surface area contributed by atoms with Gasteiger partial charge in [0, 0.05) is 35.4 Å². The van der Waals surface area contributed by atoms with Crippen molar-refractivity contribution in [1.29, 1.82) is 0 Å². The van der Waals surface area contributed by atoms with E-state index in [-0.39, 0.29) is 50.8 Å². The molecule has 1 fully saturated rings. The molecule has 0 aromatic carbocycles. The summed E-state index contributed by atoms with van der Waals surface area (Å²) in [6.45, 7) is 10.4. The van der Waals surface area contributed by atoms with Crippen LogP contribution in [0.15, 0.2) is 12.3 Å². The third-order valence-corrected chi connectivity index (χ3v) is 6.54. The molecule has 3 heterocycles. The largest absolute Gasteiger partial charge is 0.460 e. The van der Waals surface area contributed by atoms with Gasteiger partial charge < -0.3 is 15.0 Å². The average molecular weight is 495 g/mol. The zero-order valence-corrected chi connectivity index (χ0v) is 21.1. The summed E-state index contributed by atoms with van der Waals surface area (Å²) >= 11 is 0.891. The molecule has 1 aliphatic rings. The number of carbonyl (C=O) groups excluding carboxylic acids is 2. The van der Waals surface area contributed by atoms with Crippen LogP contribution in [0.5, 0.6) is 0 Å². The molecule has 0 saturated carbocycles. The van der Waals surface area contributed by atoms with Gasteiger partial charge in [0.15, 0.2) is 0 Å². The van der Waals surface area contributed by atoms with Crippen LogP contribution in [-0.4, -0.2) is 51.5 Å². The van der Waals surface area contributed by atoms with Gasteiger partial charge in [0.1, 0.15) is 11.5 Å². The first kappa shape index (κ1) is 26.0. The number of amides is 1. The van der Waals surface area contributed by atoms with Crippen LogP contribution in [-0.2, 0) is 4.74 Å². The predicted molar refractivity (Wildman–Crippen MR) is 129 cm³/mol. The number of aromatic nitrogens is 2. The Labute approximate surface area is 202 Å². The van der Waals surface area contributed by atoms with Crippen molar-refractivity contribution in [2.24, 2.45) is 0 Å². The quantitative estimate of drug-likeness (QED) is 0.361. The van der Waals surface area contributed by atoms with Crippen LogP contribution in [0.2, 0.25) is 0 Å². The van der Waals surface area contributed by atoms with Gasteiger partial charge in [-0.05, 0) is 53.0 Å². The fourth-order valence-corrected chi connectivity index (χ4v) is 4.75. The monoisotopic (exact) mass is 494 g/mol. The molecule has 7 nitrogen and oxygen atoms in total. The maximum atomic E-state index is 14.1. The van der Waals surface area contributed by atoms with E-state index in [9.17, 15) is 18.4 Å². The number of rotatable bonds is 8. The minimum atomic E-state index is -2.81. The summed E-state index contributed by atoms with van der Waals surface area (Å²) in [6.07, 6.45) is 1.77.